The highest BCUT2D eigenvalue weighted by Gasteiger charge is 2.24. The summed E-state index contributed by atoms with van der Waals surface area (Å²) in [6, 6.07) is 14.6. The molecule has 15 heteroatoms. The molecule has 2 unspecified atom stereocenters. The molecule has 0 aliphatic heterocycles. The average Bonchev–Trinajstić information content (AvgIpc) is 3.75. The smallest absolute Gasteiger partial charge is 0.320 e. The topological polar surface area (TPSA) is 245 Å². The Morgan fingerprint density at radius 3 is 1.80 bits per heavy atom. The minimum Gasteiger partial charge on any atom is -0.496 e. The summed E-state index contributed by atoms with van der Waals surface area (Å²) in [5.74, 6) is -0.0411. The molecule has 15 nitrogen and oxygen atoms in total. The molecular formula is C36H42N6O9. The number of aryl methyl sites for hydroxylation is 3. The van der Waals surface area contributed by atoms with E-state index in [0.717, 1.165) is 50.3 Å². The summed E-state index contributed by atoms with van der Waals surface area (Å²) in [5, 5.41) is 31.5. The van der Waals surface area contributed by atoms with Crippen molar-refractivity contribution in [2.75, 3.05) is 21.3 Å². The van der Waals surface area contributed by atoms with Gasteiger partial charge < -0.3 is 50.8 Å². The average molecular weight is 703 g/mol. The first-order valence-corrected chi connectivity index (χ1v) is 15.8. The molecule has 0 bridgehead atoms. The van der Waals surface area contributed by atoms with Gasteiger partial charge in [0.2, 0.25) is 0 Å². The number of fused-ring (bicyclic) bond motifs is 3. The number of H-pyrrole nitrogens is 3. The highest BCUT2D eigenvalue weighted by atomic mass is 16.6. The van der Waals surface area contributed by atoms with Crippen LogP contribution in [0.2, 0.25) is 0 Å². The number of ether oxygens (including phenoxy) is 3. The van der Waals surface area contributed by atoms with Gasteiger partial charge in [-0.15, -0.1) is 0 Å². The number of nitro benzene ring substituents is 1. The van der Waals surface area contributed by atoms with E-state index in [4.69, 9.17) is 35.9 Å². The summed E-state index contributed by atoms with van der Waals surface area (Å²) in [7, 11) is 4.74. The Balaban J connectivity index is 0.000000177. The van der Waals surface area contributed by atoms with E-state index in [1.165, 1.54) is 19.2 Å². The van der Waals surface area contributed by atoms with Crippen molar-refractivity contribution in [2.45, 2.75) is 45.7 Å². The summed E-state index contributed by atoms with van der Waals surface area (Å²) < 4.78 is 15.8. The second-order valence-corrected chi connectivity index (χ2v) is 11.8. The van der Waals surface area contributed by atoms with Gasteiger partial charge in [0.1, 0.15) is 34.8 Å². The Labute approximate surface area is 292 Å². The largest absolute Gasteiger partial charge is 0.496 e. The molecule has 0 radical (unpaired) electrons. The Kier molecular flexibility index (Phi) is 11.9. The zero-order valence-electron chi connectivity index (χ0n) is 29.1. The van der Waals surface area contributed by atoms with Gasteiger partial charge in [-0.05, 0) is 68.3 Å². The lowest BCUT2D eigenvalue weighted by Crippen LogP contribution is -2.32. The number of carbonyl (C=O) groups is 2. The summed E-state index contributed by atoms with van der Waals surface area (Å²) in [6.45, 7) is 5.66. The molecule has 0 saturated heterocycles. The number of non-ortho nitro benzene ring substituents is 1. The Hall–Kier alpha value is -6.06. The van der Waals surface area contributed by atoms with Crippen molar-refractivity contribution < 1.29 is 38.9 Å². The van der Waals surface area contributed by atoms with Crippen molar-refractivity contribution in [3.05, 3.63) is 92.9 Å². The van der Waals surface area contributed by atoms with Crippen LogP contribution in [0.1, 0.15) is 28.2 Å². The maximum atomic E-state index is 11.1. The fourth-order valence-electron chi connectivity index (χ4n) is 5.92. The second-order valence-electron chi connectivity index (χ2n) is 11.8. The molecule has 6 rings (SSSR count). The van der Waals surface area contributed by atoms with Crippen LogP contribution in [-0.4, -0.2) is 75.4 Å². The first-order chi connectivity index (χ1) is 24.2. The van der Waals surface area contributed by atoms with Gasteiger partial charge >= 0.3 is 11.9 Å². The van der Waals surface area contributed by atoms with E-state index in [1.54, 1.807) is 21.1 Å². The number of hydrogen-bond acceptors (Lipinski definition) is 9. The number of nitrogens with two attached hydrogens (primary N) is 2. The number of nitro groups is 1. The number of aromatic amines is 3. The number of aromatic nitrogens is 3. The predicted molar refractivity (Wildman–Crippen MR) is 194 cm³/mol. The Morgan fingerprint density at radius 2 is 1.25 bits per heavy atom. The van der Waals surface area contributed by atoms with Crippen LogP contribution in [0, 0.1) is 30.9 Å². The van der Waals surface area contributed by atoms with Crippen LogP contribution in [0.25, 0.3) is 32.7 Å². The highest BCUT2D eigenvalue weighted by Crippen LogP contribution is 2.37. The van der Waals surface area contributed by atoms with Crippen molar-refractivity contribution in [3.63, 3.8) is 0 Å². The number of nitrogens with one attached hydrogen (secondary N) is 3. The van der Waals surface area contributed by atoms with E-state index >= 15 is 0 Å². The second kappa shape index (κ2) is 16.1. The van der Waals surface area contributed by atoms with Crippen LogP contribution in [-0.2, 0) is 22.4 Å². The van der Waals surface area contributed by atoms with E-state index in [9.17, 15) is 19.7 Å². The summed E-state index contributed by atoms with van der Waals surface area (Å²) in [6.07, 6.45) is 0.334. The van der Waals surface area contributed by atoms with Gasteiger partial charge in [-0.1, -0.05) is 12.1 Å². The minimum atomic E-state index is -1.13. The predicted octanol–water partition coefficient (Wildman–Crippen LogP) is 5.27. The number of carboxylic acids is 2. The third kappa shape index (κ3) is 8.22. The minimum absolute atomic E-state index is 0.0543. The molecule has 0 spiro atoms. The van der Waals surface area contributed by atoms with Gasteiger partial charge in [0.05, 0.1) is 31.6 Å². The van der Waals surface area contributed by atoms with Crippen molar-refractivity contribution in [1.82, 2.24) is 15.0 Å². The zero-order chi connectivity index (χ0) is 37.6. The Morgan fingerprint density at radius 1 is 0.745 bits per heavy atom. The lowest BCUT2D eigenvalue weighted by Gasteiger charge is -2.09. The van der Waals surface area contributed by atoms with E-state index in [-0.39, 0.29) is 18.5 Å². The SMILES string of the molecule is COc1ccc([N+](=O)[O-])c2[nH]c(C)c(CC(N)C(=O)O)c12.COc1cccc2[nH]c(C)c(CC(N)C(=O)O)c12.COc1cccc2[nH]c(C)cc12. The quantitative estimate of drug-likeness (QED) is 0.0716. The maximum absolute atomic E-state index is 11.1. The molecule has 0 saturated carbocycles. The first kappa shape index (κ1) is 37.8. The number of rotatable bonds is 10. The fraction of sp³-hybridized carbons (Fsp3) is 0.278. The molecule has 3 aromatic heterocycles. The molecule has 0 fully saturated rings. The van der Waals surface area contributed by atoms with Crippen LogP contribution in [0.15, 0.2) is 54.6 Å². The lowest BCUT2D eigenvalue weighted by molar-refractivity contribution is -0.383. The van der Waals surface area contributed by atoms with Crippen molar-refractivity contribution in [2.24, 2.45) is 11.5 Å². The number of nitrogens with zero attached hydrogens (tertiary/aromatic N) is 1. The number of methoxy groups -OCH3 is 3. The maximum Gasteiger partial charge on any atom is 0.320 e. The summed E-state index contributed by atoms with van der Waals surface area (Å²) >= 11 is 0. The van der Waals surface area contributed by atoms with Crippen molar-refractivity contribution in [1.29, 1.82) is 0 Å². The van der Waals surface area contributed by atoms with Crippen LogP contribution in [0.3, 0.4) is 0 Å². The van der Waals surface area contributed by atoms with E-state index < -0.39 is 28.9 Å². The molecule has 3 aromatic carbocycles. The van der Waals surface area contributed by atoms with Crippen LogP contribution < -0.4 is 25.7 Å². The number of benzene rings is 3. The van der Waals surface area contributed by atoms with Gasteiger partial charge in [0.25, 0.3) is 5.69 Å². The lowest BCUT2D eigenvalue weighted by atomic mass is 10.0. The highest BCUT2D eigenvalue weighted by molar-refractivity contribution is 5.97. The molecule has 0 amide bonds. The van der Waals surface area contributed by atoms with Crippen molar-refractivity contribution in [3.8, 4) is 17.2 Å². The van der Waals surface area contributed by atoms with Crippen molar-refractivity contribution >= 4 is 50.3 Å². The summed E-state index contributed by atoms with van der Waals surface area (Å²) in [5.41, 5.74) is 17.7. The van der Waals surface area contributed by atoms with Gasteiger partial charge in [-0.3, -0.25) is 19.7 Å². The number of aliphatic carboxylic acids is 2. The number of hydrogen-bond donors (Lipinski definition) is 7. The standard InChI is InChI=1S/C13H15N3O5.C13H16N2O3.C10H11NO/c1-6-7(5-8(14)13(17)18)11-10(21-2)4-3-9(16(19)20)12(11)15-6;1-7-8(6-9(14)13(16)17)12-10(15-7)4-3-5-11(12)18-2;1-7-6-8-9(11-7)4-3-5-10(8)12-2/h3-4,8,15H,5,14H2,1-2H3,(H,17,18);3-5,9,15H,6,14H2,1-2H3,(H,16,17);3-6,11H,1-2H3. The number of carboxylic acid groups (broad SMARTS) is 2. The molecule has 9 N–H and O–H groups in total. The van der Waals surface area contributed by atoms with E-state index in [1.807, 2.05) is 50.2 Å². The third-order valence-electron chi connectivity index (χ3n) is 8.41. The summed E-state index contributed by atoms with van der Waals surface area (Å²) in [4.78, 5) is 41.8. The zero-order valence-corrected chi connectivity index (χ0v) is 29.1. The third-order valence-corrected chi connectivity index (χ3v) is 8.41. The van der Waals surface area contributed by atoms with Gasteiger partial charge in [-0.25, -0.2) is 0 Å². The monoisotopic (exact) mass is 702 g/mol. The van der Waals surface area contributed by atoms with Crippen LogP contribution in [0.5, 0.6) is 17.2 Å². The molecule has 3 heterocycles. The normalized spacial score (nSPS) is 12.0. The molecular weight excluding hydrogens is 660 g/mol. The molecule has 0 aliphatic rings. The van der Waals surface area contributed by atoms with E-state index in [2.05, 4.69) is 21.0 Å². The van der Waals surface area contributed by atoms with E-state index in [0.29, 0.717) is 27.9 Å². The van der Waals surface area contributed by atoms with Crippen LogP contribution in [0.4, 0.5) is 5.69 Å². The fourth-order valence-corrected chi connectivity index (χ4v) is 5.92. The molecule has 270 valence electrons. The molecule has 6 aromatic rings. The Bertz CT molecular complexity index is 2200. The van der Waals surface area contributed by atoms with Crippen LogP contribution >= 0.6 is 0 Å². The van der Waals surface area contributed by atoms with Gasteiger partial charge in [-0.2, -0.15) is 0 Å². The van der Waals surface area contributed by atoms with Gasteiger partial charge in [0, 0.05) is 57.8 Å². The van der Waals surface area contributed by atoms with Gasteiger partial charge in [0.15, 0.2) is 0 Å². The molecule has 2 atom stereocenters. The first-order valence-electron chi connectivity index (χ1n) is 15.8. The molecule has 0 aliphatic carbocycles. The molecule has 51 heavy (non-hydrogen) atoms.